The van der Waals surface area contributed by atoms with E-state index in [1.807, 2.05) is 26.8 Å². The lowest BCUT2D eigenvalue weighted by Crippen LogP contribution is -2.24. The molecule has 146 valence electrons. The Morgan fingerprint density at radius 3 is 2.54 bits per heavy atom. The third kappa shape index (κ3) is 3.86. The van der Waals surface area contributed by atoms with E-state index in [1.54, 1.807) is 25.1 Å². The first-order chi connectivity index (χ1) is 13.3. The highest BCUT2D eigenvalue weighted by Crippen LogP contribution is 2.29. The average Bonchev–Trinajstić information content (AvgIpc) is 2.67. The third-order valence-electron chi connectivity index (χ3n) is 4.54. The average molecular weight is 382 g/mol. The molecule has 0 saturated carbocycles. The quantitative estimate of drug-likeness (QED) is 0.607. The highest BCUT2D eigenvalue weighted by atomic mass is 16.6. The van der Waals surface area contributed by atoms with Gasteiger partial charge in [0.05, 0.1) is 12.5 Å². The molecule has 1 unspecified atom stereocenters. The number of hydrogen-bond acceptors (Lipinski definition) is 6. The summed E-state index contributed by atoms with van der Waals surface area (Å²) in [7, 11) is 1.29. The molecule has 1 heterocycles. The largest absolute Gasteiger partial charge is 0.479 e. The fraction of sp³-hybridized carbons (Fsp3) is 0.273. The van der Waals surface area contributed by atoms with Crippen LogP contribution in [0.4, 0.5) is 0 Å². The molecule has 0 aliphatic heterocycles. The highest BCUT2D eigenvalue weighted by molar-refractivity contribution is 5.79. The van der Waals surface area contributed by atoms with Crippen molar-refractivity contribution >= 4 is 16.9 Å². The molecule has 3 aromatic rings. The number of carbonyl (C=O) groups is 1. The molecule has 2 aromatic carbocycles. The molecule has 3 rings (SSSR count). The van der Waals surface area contributed by atoms with Gasteiger partial charge in [-0.05, 0) is 62.6 Å². The Bertz CT molecular complexity index is 1100. The minimum absolute atomic E-state index is 0.109. The lowest BCUT2D eigenvalue weighted by molar-refractivity contribution is -0.147. The van der Waals surface area contributed by atoms with Crippen LogP contribution in [-0.2, 0) is 9.53 Å². The van der Waals surface area contributed by atoms with E-state index in [2.05, 4.69) is 10.8 Å². The molecule has 6 nitrogen and oxygen atoms in total. The number of carbonyl (C=O) groups excluding carboxylic acids is 1. The maximum Gasteiger partial charge on any atom is 0.346 e. The SMILES string of the molecule is COC(=O)C(C)Oc1ccc2c(=O)c(Oc3cc(C)cc(C)c3C)coc2c1. The van der Waals surface area contributed by atoms with E-state index in [1.165, 1.54) is 13.4 Å². The molecule has 6 heteroatoms. The minimum Gasteiger partial charge on any atom is -0.479 e. The minimum atomic E-state index is -0.774. The summed E-state index contributed by atoms with van der Waals surface area (Å²) < 4.78 is 21.6. The first-order valence-electron chi connectivity index (χ1n) is 8.86. The van der Waals surface area contributed by atoms with Crippen LogP contribution in [-0.4, -0.2) is 19.2 Å². The van der Waals surface area contributed by atoms with E-state index < -0.39 is 12.1 Å². The van der Waals surface area contributed by atoms with Crippen molar-refractivity contribution in [1.82, 2.24) is 0 Å². The lowest BCUT2D eigenvalue weighted by atomic mass is 10.1. The summed E-state index contributed by atoms with van der Waals surface area (Å²) in [6.45, 7) is 7.49. The van der Waals surface area contributed by atoms with E-state index >= 15 is 0 Å². The van der Waals surface area contributed by atoms with Gasteiger partial charge in [-0.3, -0.25) is 4.79 Å². The summed E-state index contributed by atoms with van der Waals surface area (Å²) in [5.41, 5.74) is 3.15. The van der Waals surface area contributed by atoms with E-state index in [9.17, 15) is 9.59 Å². The summed E-state index contributed by atoms with van der Waals surface area (Å²) in [6, 6.07) is 8.69. The van der Waals surface area contributed by atoms with Crippen LogP contribution < -0.4 is 14.9 Å². The van der Waals surface area contributed by atoms with Gasteiger partial charge in [-0.1, -0.05) is 6.07 Å². The molecule has 0 aliphatic rings. The van der Waals surface area contributed by atoms with Gasteiger partial charge in [0.2, 0.25) is 11.2 Å². The van der Waals surface area contributed by atoms with Crippen LogP contribution in [0.15, 0.2) is 45.8 Å². The number of fused-ring (bicyclic) bond motifs is 1. The monoisotopic (exact) mass is 382 g/mol. The number of esters is 1. The predicted octanol–water partition coefficient (Wildman–Crippen LogP) is 4.45. The maximum atomic E-state index is 12.8. The van der Waals surface area contributed by atoms with Crippen molar-refractivity contribution in [3.63, 3.8) is 0 Å². The van der Waals surface area contributed by atoms with Crippen molar-refractivity contribution in [2.45, 2.75) is 33.8 Å². The molecule has 0 N–H and O–H groups in total. The third-order valence-corrected chi connectivity index (χ3v) is 4.54. The predicted molar refractivity (Wildman–Crippen MR) is 105 cm³/mol. The zero-order valence-corrected chi connectivity index (χ0v) is 16.5. The van der Waals surface area contributed by atoms with Crippen molar-refractivity contribution in [2.24, 2.45) is 0 Å². The van der Waals surface area contributed by atoms with Crippen molar-refractivity contribution in [3.05, 3.63) is 63.5 Å². The molecule has 0 bridgehead atoms. The second kappa shape index (κ2) is 7.76. The molecular formula is C22H22O6. The fourth-order valence-electron chi connectivity index (χ4n) is 2.88. The number of methoxy groups -OCH3 is 1. The molecule has 0 radical (unpaired) electrons. The van der Waals surface area contributed by atoms with Gasteiger partial charge in [0.15, 0.2) is 6.10 Å². The zero-order chi connectivity index (χ0) is 20.4. The van der Waals surface area contributed by atoms with Crippen LogP contribution in [0.25, 0.3) is 11.0 Å². The van der Waals surface area contributed by atoms with Crippen molar-refractivity contribution in [3.8, 4) is 17.2 Å². The van der Waals surface area contributed by atoms with Gasteiger partial charge in [0, 0.05) is 6.07 Å². The van der Waals surface area contributed by atoms with E-state index in [0.29, 0.717) is 22.5 Å². The van der Waals surface area contributed by atoms with E-state index in [0.717, 1.165) is 16.7 Å². The highest BCUT2D eigenvalue weighted by Gasteiger charge is 2.16. The summed E-state index contributed by atoms with van der Waals surface area (Å²) in [6.07, 6.45) is 0.513. The van der Waals surface area contributed by atoms with E-state index in [4.69, 9.17) is 13.9 Å². The van der Waals surface area contributed by atoms with Crippen LogP contribution in [0.3, 0.4) is 0 Å². The lowest BCUT2D eigenvalue weighted by Gasteiger charge is -2.13. The normalized spacial score (nSPS) is 11.9. The standard InChI is InChI=1S/C22H22O6/c1-12-8-13(2)14(3)18(9-12)28-20-11-26-19-10-16(6-7-17(19)21(20)23)27-15(4)22(24)25-5/h6-11,15H,1-5H3. The number of benzene rings is 2. The summed E-state index contributed by atoms with van der Waals surface area (Å²) in [4.78, 5) is 24.3. The van der Waals surface area contributed by atoms with Crippen molar-refractivity contribution in [2.75, 3.05) is 7.11 Å². The Kier molecular flexibility index (Phi) is 5.40. The molecule has 0 spiro atoms. The Labute approximate surface area is 162 Å². The molecule has 0 aliphatic carbocycles. The zero-order valence-electron chi connectivity index (χ0n) is 16.5. The van der Waals surface area contributed by atoms with Crippen LogP contribution >= 0.6 is 0 Å². The van der Waals surface area contributed by atoms with Crippen LogP contribution in [0.2, 0.25) is 0 Å². The number of rotatable bonds is 5. The van der Waals surface area contributed by atoms with Gasteiger partial charge < -0.3 is 18.6 Å². The first kappa shape index (κ1) is 19.5. The van der Waals surface area contributed by atoms with Gasteiger partial charge >= 0.3 is 5.97 Å². The Hall–Kier alpha value is -3.28. The molecule has 1 atom stereocenters. The smallest absolute Gasteiger partial charge is 0.346 e. The topological polar surface area (TPSA) is 75.0 Å². The molecule has 0 fully saturated rings. The van der Waals surface area contributed by atoms with Crippen molar-refractivity contribution in [1.29, 1.82) is 0 Å². The second-order valence-corrected chi connectivity index (χ2v) is 6.68. The van der Waals surface area contributed by atoms with Crippen molar-refractivity contribution < 1.29 is 23.4 Å². The Balaban J connectivity index is 1.93. The summed E-state index contributed by atoms with van der Waals surface area (Å²) in [5.74, 6) is 0.634. The van der Waals surface area contributed by atoms with Gasteiger partial charge in [-0.25, -0.2) is 4.79 Å². The Morgan fingerprint density at radius 1 is 1.07 bits per heavy atom. The number of hydrogen-bond donors (Lipinski definition) is 0. The number of aryl methyl sites for hydroxylation is 2. The number of ether oxygens (including phenoxy) is 3. The van der Waals surface area contributed by atoms with Gasteiger partial charge in [-0.15, -0.1) is 0 Å². The summed E-state index contributed by atoms with van der Waals surface area (Å²) >= 11 is 0. The second-order valence-electron chi connectivity index (χ2n) is 6.68. The van der Waals surface area contributed by atoms with E-state index in [-0.39, 0.29) is 11.2 Å². The van der Waals surface area contributed by atoms with Gasteiger partial charge in [-0.2, -0.15) is 0 Å². The van der Waals surface area contributed by atoms with Crippen LogP contribution in [0.5, 0.6) is 17.2 Å². The molecule has 0 saturated heterocycles. The molecule has 28 heavy (non-hydrogen) atoms. The Morgan fingerprint density at radius 2 is 1.82 bits per heavy atom. The fourth-order valence-corrected chi connectivity index (χ4v) is 2.88. The van der Waals surface area contributed by atoms with Gasteiger partial charge in [0.1, 0.15) is 23.3 Å². The molecule has 0 amide bonds. The van der Waals surface area contributed by atoms with Crippen LogP contribution in [0, 0.1) is 20.8 Å². The maximum absolute atomic E-state index is 12.8. The summed E-state index contributed by atoms with van der Waals surface area (Å²) in [5, 5.41) is 0.359. The first-order valence-corrected chi connectivity index (χ1v) is 8.86. The van der Waals surface area contributed by atoms with Gasteiger partial charge in [0.25, 0.3) is 0 Å². The molecular weight excluding hydrogens is 360 g/mol. The van der Waals surface area contributed by atoms with Crippen LogP contribution in [0.1, 0.15) is 23.6 Å². The molecule has 1 aromatic heterocycles.